The van der Waals surface area contributed by atoms with Crippen LogP contribution in [-0.4, -0.2) is 22.6 Å². The van der Waals surface area contributed by atoms with E-state index >= 15 is 0 Å². The van der Waals surface area contributed by atoms with Gasteiger partial charge in [0.2, 0.25) is 0 Å². The summed E-state index contributed by atoms with van der Waals surface area (Å²) in [7, 11) is 0. The summed E-state index contributed by atoms with van der Waals surface area (Å²) >= 11 is 0. The van der Waals surface area contributed by atoms with Crippen molar-refractivity contribution in [2.75, 3.05) is 9.80 Å². The van der Waals surface area contributed by atoms with Crippen LogP contribution in [0.5, 0.6) is 0 Å². The summed E-state index contributed by atoms with van der Waals surface area (Å²) in [5.74, 6) is 0. The Morgan fingerprint density at radius 2 is 0.457 bits per heavy atom. The van der Waals surface area contributed by atoms with Crippen LogP contribution in [0.1, 0.15) is 52.7 Å². The monoisotopic (exact) mass is 1480 g/mol. The maximum atomic E-state index is 2.78. The fraction of sp³-hybridized carbons (Fsp3) is 0.0727. The molecule has 0 spiro atoms. The lowest BCUT2D eigenvalue weighted by Gasteiger charge is -2.46. The lowest BCUT2D eigenvalue weighted by Crippen LogP contribution is -2.64. The standard InChI is InChI=1S/C110H80B2N4/c1-109(2,3)73-63-99-103-101(65-73)115(105-75(69-35-11-7-12-36-69)53-31-54-76(105)70-37-13-8-14-38-70)97-67-94-98(68-93(97)111(103)91-59-33-57-89-85-49-25-21-45-81(85)79-43-19-23-47-83(79)87-51-27-29-61-95(87)113(99)107(89)91)116(106-77(71-39-15-9-16-40-71)55-32-56-78(106)72-41-17-10-18-42-72)102-66-74(110(4,5)6)64-100-104(102)112(94)92-60-34-58-90-86-50-26-22-46-82(86)80-44-20-24-48-84(80)88-52-28-30-62-96(88)114(100)108(90)92/h7-68H,1-6H3. The molecule has 0 bridgehead atoms. The molecule has 4 aliphatic rings. The Morgan fingerprint density at radius 1 is 0.207 bits per heavy atom. The average Bonchev–Trinajstić information content (AvgIpc) is 0.693. The van der Waals surface area contributed by atoms with E-state index in [0.717, 1.165) is 89.7 Å². The third-order valence-corrected chi connectivity index (χ3v) is 25.6. The number of nitrogens with zero attached hydrogens (tertiary/aromatic N) is 4. The predicted molar refractivity (Wildman–Crippen MR) is 498 cm³/mol. The normalized spacial score (nSPS) is 13.0. The van der Waals surface area contributed by atoms with E-state index in [9.17, 15) is 0 Å². The Morgan fingerprint density at radius 3 is 0.767 bits per heavy atom. The number of para-hydroxylation sites is 6. The summed E-state index contributed by atoms with van der Waals surface area (Å²) in [6.45, 7) is 13.8. The van der Waals surface area contributed by atoms with Gasteiger partial charge >= 0.3 is 0 Å². The van der Waals surface area contributed by atoms with Crippen LogP contribution < -0.4 is 42.6 Å². The van der Waals surface area contributed by atoms with Gasteiger partial charge in [0.1, 0.15) is 0 Å². The molecule has 19 aromatic rings. The van der Waals surface area contributed by atoms with E-state index in [4.69, 9.17) is 0 Å². The second-order valence-electron chi connectivity index (χ2n) is 34.1. The summed E-state index contributed by atoms with van der Waals surface area (Å²) < 4.78 is 5.42. The third-order valence-electron chi connectivity index (χ3n) is 25.6. The van der Waals surface area contributed by atoms with Crippen molar-refractivity contribution in [3.05, 3.63) is 387 Å². The molecule has 4 aliphatic heterocycles. The fourth-order valence-electron chi connectivity index (χ4n) is 20.4. The minimum absolute atomic E-state index is 0.321. The molecular formula is C110H80B2N4. The van der Waals surface area contributed by atoms with Gasteiger partial charge in [0.15, 0.2) is 0 Å². The summed E-state index contributed by atoms with van der Waals surface area (Å²) in [6.07, 6.45) is 0. The molecule has 0 atom stereocenters. The van der Waals surface area contributed by atoms with Crippen molar-refractivity contribution in [2.24, 2.45) is 0 Å². The third kappa shape index (κ3) is 10.1. The smallest absolute Gasteiger partial charge is 0.252 e. The Balaban J connectivity index is 0.977. The van der Waals surface area contributed by atoms with Crippen LogP contribution in [0, 0.1) is 0 Å². The number of aromatic nitrogens is 2. The highest BCUT2D eigenvalue weighted by Gasteiger charge is 2.49. The fourth-order valence-corrected chi connectivity index (χ4v) is 20.4. The van der Waals surface area contributed by atoms with Gasteiger partial charge in [-0.05, 0) is 169 Å². The largest absolute Gasteiger partial charge is 0.310 e. The van der Waals surface area contributed by atoms with Crippen molar-refractivity contribution in [3.8, 4) is 55.9 Å². The highest BCUT2D eigenvalue weighted by Crippen LogP contribution is 2.54. The molecule has 6 heteroatoms. The number of fused-ring (bicyclic) bond motifs is 22. The summed E-state index contributed by atoms with van der Waals surface area (Å²) in [4.78, 5) is 5.56. The van der Waals surface area contributed by atoms with Crippen molar-refractivity contribution in [1.29, 1.82) is 0 Å². The van der Waals surface area contributed by atoms with Gasteiger partial charge < -0.3 is 18.9 Å². The predicted octanol–water partition coefficient (Wildman–Crippen LogP) is 25.2. The van der Waals surface area contributed by atoms with E-state index in [2.05, 4.69) is 437 Å². The second-order valence-corrected chi connectivity index (χ2v) is 34.1. The van der Waals surface area contributed by atoms with Gasteiger partial charge in [-0.15, -0.1) is 0 Å². The molecule has 23 rings (SSSR count). The zero-order chi connectivity index (χ0) is 77.4. The SMILES string of the molecule is CC(C)(C)c1cc2c3c(c1)-n1c4ccccc4c4ccccc4c4ccccc4c4cccc(c41)B3c1cc3c(cc1N2c1c(-c2ccccc2)cccc1-c1ccccc1)B1c2c(cc(C(C)(C)C)cc2-n2c4ccccc4c4ccccc4c4ccccc4c4cccc1c42)N3c1c(-c2ccccc2)cccc1-c1ccccc1. The van der Waals surface area contributed by atoms with Gasteiger partial charge in [-0.1, -0.05) is 369 Å². The first kappa shape index (κ1) is 67.7. The molecule has 2 aromatic heterocycles. The van der Waals surface area contributed by atoms with Crippen LogP contribution in [0.15, 0.2) is 376 Å². The molecule has 0 radical (unpaired) electrons. The van der Waals surface area contributed by atoms with Crippen molar-refractivity contribution >= 4 is 167 Å². The van der Waals surface area contributed by atoms with Crippen molar-refractivity contribution in [1.82, 2.24) is 9.13 Å². The molecule has 0 fully saturated rings. The molecule has 546 valence electrons. The molecule has 17 aromatic carbocycles. The van der Waals surface area contributed by atoms with Crippen LogP contribution in [0.25, 0.3) is 143 Å². The van der Waals surface area contributed by atoms with Crippen molar-refractivity contribution < 1.29 is 0 Å². The van der Waals surface area contributed by atoms with Crippen LogP contribution in [0.4, 0.5) is 34.1 Å². The number of hydrogen-bond donors (Lipinski definition) is 0. The van der Waals surface area contributed by atoms with Crippen LogP contribution in [-0.2, 0) is 10.8 Å². The lowest BCUT2D eigenvalue weighted by molar-refractivity contribution is 0.590. The molecule has 0 aliphatic carbocycles. The molecule has 0 unspecified atom stereocenters. The molecule has 0 N–H and O–H groups in total. The highest BCUT2D eigenvalue weighted by atomic mass is 15.2. The van der Waals surface area contributed by atoms with Gasteiger partial charge in [0.25, 0.3) is 13.4 Å². The Bertz CT molecular complexity index is 6990. The van der Waals surface area contributed by atoms with Gasteiger partial charge in [-0.25, -0.2) is 0 Å². The van der Waals surface area contributed by atoms with Gasteiger partial charge in [-0.2, -0.15) is 0 Å². The molecule has 4 nitrogen and oxygen atoms in total. The first-order chi connectivity index (χ1) is 56.9. The minimum atomic E-state index is -0.327. The average molecular weight is 1480 g/mol. The van der Waals surface area contributed by atoms with E-state index in [1.54, 1.807) is 0 Å². The summed E-state index contributed by atoms with van der Waals surface area (Å²) in [5.41, 5.74) is 32.3. The quantitative estimate of drug-likeness (QED) is 0.154. The van der Waals surface area contributed by atoms with E-state index < -0.39 is 0 Å². The zero-order valence-corrected chi connectivity index (χ0v) is 65.7. The van der Waals surface area contributed by atoms with Gasteiger partial charge in [0.05, 0.1) is 22.4 Å². The first-order valence-corrected chi connectivity index (χ1v) is 41.0. The topological polar surface area (TPSA) is 16.3 Å². The molecule has 0 saturated carbocycles. The van der Waals surface area contributed by atoms with E-state index in [-0.39, 0.29) is 24.3 Å². The van der Waals surface area contributed by atoms with Crippen LogP contribution in [0.3, 0.4) is 0 Å². The zero-order valence-electron chi connectivity index (χ0n) is 65.7. The van der Waals surface area contributed by atoms with Crippen molar-refractivity contribution in [2.45, 2.75) is 52.4 Å². The second kappa shape index (κ2) is 25.8. The molecular weight excluding hydrogens is 1400 g/mol. The summed E-state index contributed by atoms with van der Waals surface area (Å²) in [6, 6.07) is 144. The first-order valence-electron chi connectivity index (χ1n) is 41.0. The highest BCUT2D eigenvalue weighted by molar-refractivity contribution is 7.02. The maximum absolute atomic E-state index is 2.78. The van der Waals surface area contributed by atoms with Crippen LogP contribution in [0.2, 0.25) is 0 Å². The van der Waals surface area contributed by atoms with Gasteiger partial charge in [0, 0.05) is 89.0 Å². The van der Waals surface area contributed by atoms with E-state index in [0.29, 0.717) is 0 Å². The molecule has 116 heavy (non-hydrogen) atoms. The summed E-state index contributed by atoms with van der Waals surface area (Å²) in [5, 5.41) is 14.4. The molecule has 0 saturated heterocycles. The van der Waals surface area contributed by atoms with E-state index in [1.165, 1.54) is 131 Å². The number of anilines is 6. The molecule has 6 heterocycles. The van der Waals surface area contributed by atoms with Crippen molar-refractivity contribution in [3.63, 3.8) is 0 Å². The lowest BCUT2D eigenvalue weighted by atomic mass is 9.31. The Labute approximate surface area is 676 Å². The number of benzene rings is 17. The molecule has 0 amide bonds. The minimum Gasteiger partial charge on any atom is -0.310 e. The van der Waals surface area contributed by atoms with Crippen LogP contribution >= 0.6 is 0 Å². The van der Waals surface area contributed by atoms with E-state index in [1.807, 2.05) is 0 Å². The Kier molecular flexibility index (Phi) is 15.1. The maximum Gasteiger partial charge on any atom is 0.252 e. The van der Waals surface area contributed by atoms with Gasteiger partial charge in [-0.3, -0.25) is 0 Å². The number of hydrogen-bond acceptors (Lipinski definition) is 2. The number of rotatable bonds is 6. The Hall–Kier alpha value is -13.9.